The van der Waals surface area contributed by atoms with E-state index < -0.39 is 0 Å². The molecule has 2 saturated carbocycles. The molecule has 0 aliphatic heterocycles. The van der Waals surface area contributed by atoms with Crippen LogP contribution in [0.5, 0.6) is 0 Å². The molecule has 0 bridgehead atoms. The standard InChI is InChI=1S/C15H25IO2/c1-3-17-12(2)18-15(10-11-16,13-6-4-7-13)14-8-5-9-14/h10-14H,3-9H2,1-2H3/b11-10+. The quantitative estimate of drug-likeness (QED) is 0.483. The predicted octanol–water partition coefficient (Wildman–Crippen LogP) is 4.67. The summed E-state index contributed by atoms with van der Waals surface area (Å²) in [6.45, 7) is 4.79. The van der Waals surface area contributed by atoms with Gasteiger partial charge >= 0.3 is 0 Å². The smallest absolute Gasteiger partial charge is 0.155 e. The van der Waals surface area contributed by atoms with Crippen molar-refractivity contribution in [2.24, 2.45) is 11.8 Å². The second-order valence-electron chi connectivity index (χ2n) is 5.54. The van der Waals surface area contributed by atoms with Crippen molar-refractivity contribution in [3.63, 3.8) is 0 Å². The van der Waals surface area contributed by atoms with Crippen LogP contribution < -0.4 is 0 Å². The lowest BCUT2D eigenvalue weighted by Crippen LogP contribution is -2.52. The van der Waals surface area contributed by atoms with Crippen molar-refractivity contribution in [1.82, 2.24) is 0 Å². The van der Waals surface area contributed by atoms with Crippen molar-refractivity contribution in [2.45, 2.75) is 64.3 Å². The Morgan fingerprint density at radius 3 is 2.11 bits per heavy atom. The maximum absolute atomic E-state index is 6.41. The lowest BCUT2D eigenvalue weighted by atomic mass is 9.61. The second kappa shape index (κ2) is 6.71. The molecular weight excluding hydrogens is 339 g/mol. The minimum atomic E-state index is -0.0937. The predicted molar refractivity (Wildman–Crippen MR) is 82.7 cm³/mol. The number of halogens is 1. The first-order valence-corrected chi connectivity index (χ1v) is 8.54. The van der Waals surface area contributed by atoms with E-state index in [0.29, 0.717) is 11.8 Å². The van der Waals surface area contributed by atoms with E-state index >= 15 is 0 Å². The molecule has 0 aromatic rings. The van der Waals surface area contributed by atoms with Crippen LogP contribution >= 0.6 is 22.6 Å². The fourth-order valence-electron chi connectivity index (χ4n) is 3.21. The molecule has 3 heteroatoms. The maximum Gasteiger partial charge on any atom is 0.155 e. The van der Waals surface area contributed by atoms with E-state index in [9.17, 15) is 0 Å². The number of rotatable bonds is 7. The number of hydrogen-bond acceptors (Lipinski definition) is 2. The molecular formula is C15H25IO2. The zero-order valence-electron chi connectivity index (χ0n) is 11.5. The average molecular weight is 364 g/mol. The van der Waals surface area contributed by atoms with E-state index in [2.05, 4.69) is 32.7 Å². The van der Waals surface area contributed by atoms with E-state index in [-0.39, 0.29) is 11.9 Å². The van der Waals surface area contributed by atoms with Gasteiger partial charge in [0.1, 0.15) is 0 Å². The molecule has 18 heavy (non-hydrogen) atoms. The fraction of sp³-hybridized carbons (Fsp3) is 0.867. The summed E-state index contributed by atoms with van der Waals surface area (Å²) in [4.78, 5) is 0. The first-order chi connectivity index (χ1) is 8.73. The van der Waals surface area contributed by atoms with Gasteiger partial charge in [0.15, 0.2) is 6.29 Å². The van der Waals surface area contributed by atoms with E-state index in [4.69, 9.17) is 9.47 Å². The van der Waals surface area contributed by atoms with Gasteiger partial charge in [-0.3, -0.25) is 0 Å². The van der Waals surface area contributed by atoms with Crippen LogP contribution in [0.3, 0.4) is 0 Å². The van der Waals surface area contributed by atoms with Crippen molar-refractivity contribution < 1.29 is 9.47 Å². The van der Waals surface area contributed by atoms with Gasteiger partial charge in [0.05, 0.1) is 5.60 Å². The van der Waals surface area contributed by atoms with Crippen molar-refractivity contribution in [3.05, 3.63) is 10.2 Å². The molecule has 2 rings (SSSR count). The van der Waals surface area contributed by atoms with Crippen LogP contribution in [0.4, 0.5) is 0 Å². The van der Waals surface area contributed by atoms with Crippen LogP contribution in [-0.2, 0) is 9.47 Å². The van der Waals surface area contributed by atoms with Gasteiger partial charge in [-0.1, -0.05) is 35.4 Å². The van der Waals surface area contributed by atoms with Crippen molar-refractivity contribution in [1.29, 1.82) is 0 Å². The molecule has 2 fully saturated rings. The van der Waals surface area contributed by atoms with Gasteiger partial charge < -0.3 is 9.47 Å². The second-order valence-corrected chi connectivity index (χ2v) is 6.26. The first-order valence-electron chi connectivity index (χ1n) is 7.30. The zero-order valence-corrected chi connectivity index (χ0v) is 13.7. The van der Waals surface area contributed by atoms with Crippen molar-refractivity contribution in [2.75, 3.05) is 6.61 Å². The van der Waals surface area contributed by atoms with Crippen LogP contribution in [-0.4, -0.2) is 18.5 Å². The summed E-state index contributed by atoms with van der Waals surface area (Å²) < 4.78 is 14.2. The van der Waals surface area contributed by atoms with Gasteiger partial charge in [0, 0.05) is 6.61 Å². The van der Waals surface area contributed by atoms with Crippen LogP contribution in [0, 0.1) is 11.8 Å². The summed E-state index contributed by atoms with van der Waals surface area (Å²) in [5, 5.41) is 0. The lowest BCUT2D eigenvalue weighted by molar-refractivity contribution is -0.234. The SMILES string of the molecule is CCOC(C)OC(/C=C/I)(C1CCC1)C1CCC1. The van der Waals surface area contributed by atoms with Gasteiger partial charge in [-0.05, 0) is 61.5 Å². The minimum Gasteiger partial charge on any atom is -0.353 e. The average Bonchev–Trinajstić information content (AvgIpc) is 2.11. The third-order valence-corrected chi connectivity index (χ3v) is 4.94. The topological polar surface area (TPSA) is 18.5 Å². The molecule has 0 amide bonds. The number of hydrogen-bond donors (Lipinski definition) is 0. The minimum absolute atomic E-state index is 0.0493. The van der Waals surface area contributed by atoms with Crippen LogP contribution in [0.15, 0.2) is 10.2 Å². The summed E-state index contributed by atoms with van der Waals surface area (Å²) in [6.07, 6.45) is 10.2. The Labute approximate surface area is 125 Å². The first kappa shape index (κ1) is 14.8. The van der Waals surface area contributed by atoms with Gasteiger partial charge in [-0.2, -0.15) is 0 Å². The highest BCUT2D eigenvalue weighted by Gasteiger charge is 2.49. The monoisotopic (exact) mass is 364 g/mol. The molecule has 0 aromatic heterocycles. The maximum atomic E-state index is 6.41. The van der Waals surface area contributed by atoms with E-state index in [1.54, 1.807) is 0 Å². The highest BCUT2D eigenvalue weighted by molar-refractivity contribution is 14.1. The van der Waals surface area contributed by atoms with Crippen molar-refractivity contribution >= 4 is 22.6 Å². The lowest BCUT2D eigenvalue weighted by Gasteiger charge is -2.52. The third kappa shape index (κ3) is 2.93. The summed E-state index contributed by atoms with van der Waals surface area (Å²) in [6, 6.07) is 0. The Balaban J connectivity index is 2.12. The summed E-state index contributed by atoms with van der Waals surface area (Å²) in [7, 11) is 0. The summed E-state index contributed by atoms with van der Waals surface area (Å²) in [5.74, 6) is 1.41. The van der Waals surface area contributed by atoms with Crippen molar-refractivity contribution in [3.8, 4) is 0 Å². The highest BCUT2D eigenvalue weighted by Crippen LogP contribution is 2.51. The molecule has 1 unspecified atom stereocenters. The molecule has 2 nitrogen and oxygen atoms in total. The molecule has 0 spiro atoms. The third-order valence-electron chi connectivity index (χ3n) is 4.58. The molecule has 0 radical (unpaired) electrons. The fourth-order valence-corrected chi connectivity index (χ4v) is 3.77. The Morgan fingerprint density at radius 1 is 1.22 bits per heavy atom. The van der Waals surface area contributed by atoms with Gasteiger partial charge in [-0.25, -0.2) is 0 Å². The largest absolute Gasteiger partial charge is 0.353 e. The molecule has 0 saturated heterocycles. The Hall–Kier alpha value is 0.390. The molecule has 2 aliphatic carbocycles. The Morgan fingerprint density at radius 2 is 1.78 bits per heavy atom. The normalized spacial score (nSPS) is 23.9. The molecule has 0 heterocycles. The molecule has 104 valence electrons. The molecule has 1 atom stereocenters. The molecule has 2 aliphatic rings. The van der Waals surface area contributed by atoms with Gasteiger partial charge in [0.2, 0.25) is 0 Å². The van der Waals surface area contributed by atoms with Crippen LogP contribution in [0.2, 0.25) is 0 Å². The highest BCUT2D eigenvalue weighted by atomic mass is 127. The summed E-state index contributed by atoms with van der Waals surface area (Å²) >= 11 is 2.33. The van der Waals surface area contributed by atoms with E-state index in [1.165, 1.54) is 38.5 Å². The molecule has 0 N–H and O–H groups in total. The Bertz CT molecular complexity index is 268. The van der Waals surface area contributed by atoms with Gasteiger partial charge in [0.25, 0.3) is 0 Å². The Kier molecular flexibility index (Phi) is 5.51. The van der Waals surface area contributed by atoms with E-state index in [0.717, 1.165) is 6.61 Å². The van der Waals surface area contributed by atoms with Gasteiger partial charge in [-0.15, -0.1) is 0 Å². The van der Waals surface area contributed by atoms with Crippen LogP contribution in [0.1, 0.15) is 52.4 Å². The summed E-state index contributed by atoms with van der Waals surface area (Å²) in [5.41, 5.74) is -0.0493. The zero-order chi connectivity index (χ0) is 13.0. The van der Waals surface area contributed by atoms with E-state index in [1.807, 2.05) is 13.8 Å². The molecule has 0 aromatic carbocycles. The number of ether oxygens (including phenoxy) is 2. The van der Waals surface area contributed by atoms with Crippen LogP contribution in [0.25, 0.3) is 0 Å².